The molecule has 0 saturated carbocycles. The van der Waals surface area contributed by atoms with Crippen LogP contribution in [0, 0.1) is 35.5 Å². The van der Waals surface area contributed by atoms with Crippen LogP contribution >= 0.6 is 0 Å². The van der Waals surface area contributed by atoms with Gasteiger partial charge in [-0.2, -0.15) is 0 Å². The smallest absolute Gasteiger partial charge is 0.0573 e. The van der Waals surface area contributed by atoms with Crippen molar-refractivity contribution in [2.24, 2.45) is 11.8 Å². The summed E-state index contributed by atoms with van der Waals surface area (Å²) < 4.78 is 0. The molecule has 0 bridgehead atoms. The summed E-state index contributed by atoms with van der Waals surface area (Å²) in [5.41, 5.74) is 2.00. The van der Waals surface area contributed by atoms with Crippen LogP contribution in [0.5, 0.6) is 0 Å². The zero-order valence-corrected chi connectivity index (χ0v) is 11.1. The second-order valence-corrected chi connectivity index (χ2v) is 4.68. The topological polar surface area (TPSA) is 0 Å². The summed E-state index contributed by atoms with van der Waals surface area (Å²) in [7, 11) is 0. The predicted octanol–water partition coefficient (Wildman–Crippen LogP) is 3.87. The Morgan fingerprint density at radius 1 is 0.600 bits per heavy atom. The maximum absolute atomic E-state index is 3.25. The fraction of sp³-hybridized carbons (Fsp3) is 0.100. The molecule has 0 aliphatic heterocycles. The van der Waals surface area contributed by atoms with Crippen LogP contribution < -0.4 is 0 Å². The number of hydrogen-bond acceptors (Lipinski definition) is 0. The maximum Gasteiger partial charge on any atom is 0.0573 e. The Bertz CT molecular complexity index is 644. The van der Waals surface area contributed by atoms with Crippen molar-refractivity contribution in [3.05, 3.63) is 84.0 Å². The number of allylic oxidation sites excluding steroid dienone is 8. The molecule has 0 amide bonds. The molecule has 1 aromatic rings. The van der Waals surface area contributed by atoms with Crippen LogP contribution in [0.2, 0.25) is 0 Å². The minimum atomic E-state index is 0.233. The van der Waals surface area contributed by atoms with Crippen molar-refractivity contribution in [3.63, 3.8) is 0 Å². The molecule has 0 radical (unpaired) electrons. The third-order valence-electron chi connectivity index (χ3n) is 3.17. The standard InChI is InChI=1S/C20H14/c1-2-8-17(7-1)13-15-19-11-5-6-12-20(19)16-14-18-9-3-4-10-18/h1-12,17-18H. The fourth-order valence-corrected chi connectivity index (χ4v) is 2.08. The van der Waals surface area contributed by atoms with E-state index in [9.17, 15) is 0 Å². The Hall–Kier alpha value is -2.70. The van der Waals surface area contributed by atoms with E-state index in [1.165, 1.54) is 0 Å². The monoisotopic (exact) mass is 254 g/mol. The summed E-state index contributed by atoms with van der Waals surface area (Å²) in [6.07, 6.45) is 16.5. The van der Waals surface area contributed by atoms with Gasteiger partial charge >= 0.3 is 0 Å². The van der Waals surface area contributed by atoms with Crippen LogP contribution in [0.1, 0.15) is 11.1 Å². The Morgan fingerprint density at radius 2 is 1.00 bits per heavy atom. The molecule has 0 spiro atoms. The van der Waals surface area contributed by atoms with Gasteiger partial charge in [0, 0.05) is 11.1 Å². The molecule has 3 rings (SSSR count). The van der Waals surface area contributed by atoms with Crippen molar-refractivity contribution in [1.29, 1.82) is 0 Å². The molecular weight excluding hydrogens is 240 g/mol. The van der Waals surface area contributed by atoms with Gasteiger partial charge in [-0.15, -0.1) is 0 Å². The molecule has 0 saturated heterocycles. The molecule has 0 heterocycles. The lowest BCUT2D eigenvalue weighted by Crippen LogP contribution is -1.87. The Balaban J connectivity index is 1.84. The fourth-order valence-electron chi connectivity index (χ4n) is 2.08. The second kappa shape index (κ2) is 5.96. The SMILES string of the molecule is C(#CC1C=CC=C1)c1ccccc1C#CC1C=CC=C1. The van der Waals surface area contributed by atoms with E-state index < -0.39 is 0 Å². The molecule has 0 N–H and O–H groups in total. The van der Waals surface area contributed by atoms with Crippen LogP contribution in [-0.4, -0.2) is 0 Å². The Morgan fingerprint density at radius 3 is 1.40 bits per heavy atom. The summed E-state index contributed by atoms with van der Waals surface area (Å²) >= 11 is 0. The van der Waals surface area contributed by atoms with Gasteiger partial charge in [-0.3, -0.25) is 0 Å². The van der Waals surface area contributed by atoms with E-state index in [1.807, 2.05) is 48.6 Å². The van der Waals surface area contributed by atoms with Crippen LogP contribution in [-0.2, 0) is 0 Å². The van der Waals surface area contributed by atoms with E-state index in [4.69, 9.17) is 0 Å². The van der Waals surface area contributed by atoms with Gasteiger partial charge in [-0.1, -0.05) is 84.4 Å². The van der Waals surface area contributed by atoms with Gasteiger partial charge in [0.1, 0.15) is 0 Å². The highest BCUT2D eigenvalue weighted by Crippen LogP contribution is 2.11. The van der Waals surface area contributed by atoms with Gasteiger partial charge in [0.15, 0.2) is 0 Å². The predicted molar refractivity (Wildman–Crippen MR) is 83.7 cm³/mol. The molecule has 0 aromatic heterocycles. The zero-order valence-electron chi connectivity index (χ0n) is 11.1. The van der Waals surface area contributed by atoms with E-state index in [2.05, 4.69) is 48.0 Å². The molecule has 1 aromatic carbocycles. The van der Waals surface area contributed by atoms with E-state index in [0.717, 1.165) is 11.1 Å². The van der Waals surface area contributed by atoms with Crippen LogP contribution in [0.3, 0.4) is 0 Å². The minimum Gasteiger partial charge on any atom is -0.0860 e. The number of rotatable bonds is 0. The van der Waals surface area contributed by atoms with Crippen molar-refractivity contribution in [2.45, 2.75) is 0 Å². The molecule has 0 unspecified atom stereocenters. The number of hydrogen-bond donors (Lipinski definition) is 0. The summed E-state index contributed by atoms with van der Waals surface area (Å²) in [5, 5.41) is 0. The molecule has 0 nitrogen and oxygen atoms in total. The molecule has 0 heteroatoms. The quantitative estimate of drug-likeness (QED) is 0.616. The third kappa shape index (κ3) is 3.00. The molecule has 94 valence electrons. The summed E-state index contributed by atoms with van der Waals surface area (Å²) in [4.78, 5) is 0. The number of benzene rings is 1. The third-order valence-corrected chi connectivity index (χ3v) is 3.17. The average molecular weight is 254 g/mol. The van der Waals surface area contributed by atoms with Crippen LogP contribution in [0.25, 0.3) is 0 Å². The van der Waals surface area contributed by atoms with Crippen molar-refractivity contribution in [1.82, 2.24) is 0 Å². The lowest BCUT2D eigenvalue weighted by molar-refractivity contribution is 1.14. The van der Waals surface area contributed by atoms with E-state index >= 15 is 0 Å². The molecule has 0 fully saturated rings. The van der Waals surface area contributed by atoms with Crippen molar-refractivity contribution in [2.75, 3.05) is 0 Å². The van der Waals surface area contributed by atoms with Crippen LogP contribution in [0.4, 0.5) is 0 Å². The lowest BCUT2D eigenvalue weighted by Gasteiger charge is -1.97. The summed E-state index contributed by atoms with van der Waals surface area (Å²) in [6, 6.07) is 8.06. The normalized spacial score (nSPS) is 16.0. The zero-order chi connectivity index (χ0) is 13.6. The first-order valence-corrected chi connectivity index (χ1v) is 6.74. The molecule has 20 heavy (non-hydrogen) atoms. The molecule has 2 aliphatic carbocycles. The lowest BCUT2D eigenvalue weighted by atomic mass is 10.1. The van der Waals surface area contributed by atoms with Gasteiger partial charge in [0.2, 0.25) is 0 Å². The second-order valence-electron chi connectivity index (χ2n) is 4.68. The minimum absolute atomic E-state index is 0.233. The first-order chi connectivity index (χ1) is 9.92. The molecule has 0 atom stereocenters. The van der Waals surface area contributed by atoms with Gasteiger partial charge < -0.3 is 0 Å². The first-order valence-electron chi connectivity index (χ1n) is 6.74. The van der Waals surface area contributed by atoms with E-state index in [-0.39, 0.29) is 11.8 Å². The van der Waals surface area contributed by atoms with Crippen molar-refractivity contribution in [3.8, 4) is 23.7 Å². The van der Waals surface area contributed by atoms with Crippen molar-refractivity contribution < 1.29 is 0 Å². The molecular formula is C20H14. The summed E-state index contributed by atoms with van der Waals surface area (Å²) in [5.74, 6) is 13.4. The van der Waals surface area contributed by atoms with Gasteiger partial charge in [-0.25, -0.2) is 0 Å². The first kappa shape index (κ1) is 12.3. The summed E-state index contributed by atoms with van der Waals surface area (Å²) in [6.45, 7) is 0. The van der Waals surface area contributed by atoms with Gasteiger partial charge in [0.25, 0.3) is 0 Å². The molecule has 2 aliphatic rings. The van der Waals surface area contributed by atoms with Gasteiger partial charge in [0.05, 0.1) is 11.8 Å². The van der Waals surface area contributed by atoms with Gasteiger partial charge in [-0.05, 0) is 12.1 Å². The Kier molecular flexibility index (Phi) is 3.68. The van der Waals surface area contributed by atoms with E-state index in [0.29, 0.717) is 0 Å². The highest BCUT2D eigenvalue weighted by Gasteiger charge is 2.00. The highest BCUT2D eigenvalue weighted by atomic mass is 14.0. The van der Waals surface area contributed by atoms with Crippen LogP contribution in [0.15, 0.2) is 72.9 Å². The van der Waals surface area contributed by atoms with E-state index in [1.54, 1.807) is 0 Å². The highest BCUT2D eigenvalue weighted by molar-refractivity contribution is 5.51. The maximum atomic E-state index is 3.25. The van der Waals surface area contributed by atoms with Crippen molar-refractivity contribution >= 4 is 0 Å². The Labute approximate surface area is 120 Å². The largest absolute Gasteiger partial charge is 0.0860 e. The average Bonchev–Trinajstić information content (AvgIpc) is 3.17.